The highest BCUT2D eigenvalue weighted by atomic mass is 16.5. The third-order valence-corrected chi connectivity index (χ3v) is 4.24. The Morgan fingerprint density at radius 1 is 1.30 bits per heavy atom. The molecule has 20 heavy (non-hydrogen) atoms. The standard InChI is InChI=1S/C14H17N5O/c1-8-4-9(6-10(15)5-8)14-16-17-18-19(14)12-7-11-2-3-13(12)20-11/h4-6,11-13H,2-3,7,15H2,1H3. The van der Waals surface area contributed by atoms with Crippen molar-refractivity contribution in [3.05, 3.63) is 23.8 Å². The largest absolute Gasteiger partial charge is 0.399 e. The van der Waals surface area contributed by atoms with E-state index >= 15 is 0 Å². The maximum atomic E-state index is 5.93. The summed E-state index contributed by atoms with van der Waals surface area (Å²) in [6, 6.07) is 6.18. The molecule has 6 heteroatoms. The van der Waals surface area contributed by atoms with Crippen LogP contribution in [0.15, 0.2) is 18.2 Å². The van der Waals surface area contributed by atoms with Crippen molar-refractivity contribution in [3.8, 4) is 11.4 Å². The number of fused-ring (bicyclic) bond motifs is 2. The van der Waals surface area contributed by atoms with E-state index in [0.717, 1.165) is 41.9 Å². The molecule has 0 spiro atoms. The van der Waals surface area contributed by atoms with E-state index in [0.29, 0.717) is 6.10 Å². The molecule has 3 atom stereocenters. The number of aryl methyl sites for hydroxylation is 1. The summed E-state index contributed by atoms with van der Waals surface area (Å²) in [5, 5.41) is 12.2. The second kappa shape index (κ2) is 4.28. The fourth-order valence-corrected chi connectivity index (χ4v) is 3.42. The van der Waals surface area contributed by atoms with E-state index in [4.69, 9.17) is 10.5 Å². The maximum absolute atomic E-state index is 5.93. The summed E-state index contributed by atoms with van der Waals surface area (Å²) in [6.45, 7) is 2.02. The molecule has 0 aliphatic carbocycles. The quantitative estimate of drug-likeness (QED) is 0.841. The van der Waals surface area contributed by atoms with E-state index in [1.807, 2.05) is 23.7 Å². The van der Waals surface area contributed by atoms with Gasteiger partial charge in [-0.3, -0.25) is 0 Å². The molecule has 104 valence electrons. The molecule has 2 aromatic rings. The summed E-state index contributed by atoms with van der Waals surface area (Å²) in [5.74, 6) is 0.779. The van der Waals surface area contributed by atoms with Gasteiger partial charge < -0.3 is 10.5 Å². The lowest BCUT2D eigenvalue weighted by atomic mass is 9.95. The predicted molar refractivity (Wildman–Crippen MR) is 74.0 cm³/mol. The first-order valence-corrected chi connectivity index (χ1v) is 7.01. The number of nitrogens with two attached hydrogens (primary N) is 1. The summed E-state index contributed by atoms with van der Waals surface area (Å²) >= 11 is 0. The molecule has 6 nitrogen and oxygen atoms in total. The van der Waals surface area contributed by atoms with Crippen molar-refractivity contribution in [3.63, 3.8) is 0 Å². The van der Waals surface area contributed by atoms with Crippen molar-refractivity contribution in [2.24, 2.45) is 0 Å². The Morgan fingerprint density at radius 2 is 2.20 bits per heavy atom. The molecule has 0 amide bonds. The SMILES string of the molecule is Cc1cc(N)cc(-c2nnnn2C2CC3CCC2O3)c1. The molecule has 3 unspecified atom stereocenters. The highest BCUT2D eigenvalue weighted by molar-refractivity contribution is 5.62. The lowest BCUT2D eigenvalue weighted by molar-refractivity contribution is 0.0922. The molecule has 1 aromatic carbocycles. The number of hydrogen-bond acceptors (Lipinski definition) is 5. The zero-order valence-electron chi connectivity index (χ0n) is 11.4. The summed E-state index contributed by atoms with van der Waals surface area (Å²) < 4.78 is 7.82. The molecule has 1 aromatic heterocycles. The third kappa shape index (κ3) is 1.79. The van der Waals surface area contributed by atoms with Gasteiger partial charge in [0.25, 0.3) is 0 Å². The van der Waals surface area contributed by atoms with E-state index in [9.17, 15) is 0 Å². The zero-order chi connectivity index (χ0) is 13.7. The topological polar surface area (TPSA) is 78.9 Å². The Bertz CT molecular complexity index is 633. The summed E-state index contributed by atoms with van der Waals surface area (Å²) in [4.78, 5) is 0. The highest BCUT2D eigenvalue weighted by Crippen LogP contribution is 2.42. The molecule has 2 fully saturated rings. The van der Waals surface area contributed by atoms with Crippen molar-refractivity contribution in [1.82, 2.24) is 20.2 Å². The molecular formula is C14H17N5O. The molecule has 2 N–H and O–H groups in total. The molecule has 0 saturated carbocycles. The summed E-state index contributed by atoms with van der Waals surface area (Å²) in [5.41, 5.74) is 8.74. The fraction of sp³-hybridized carbons (Fsp3) is 0.500. The lowest BCUT2D eigenvalue weighted by Crippen LogP contribution is -2.22. The van der Waals surface area contributed by atoms with E-state index in [-0.39, 0.29) is 12.1 Å². The van der Waals surface area contributed by atoms with Gasteiger partial charge in [0.15, 0.2) is 5.82 Å². The molecule has 2 bridgehead atoms. The minimum Gasteiger partial charge on any atom is -0.399 e. The molecule has 2 aliphatic heterocycles. The minimum atomic E-state index is 0.250. The number of rotatable bonds is 2. The normalized spacial score (nSPS) is 28.1. The van der Waals surface area contributed by atoms with Gasteiger partial charge in [-0.2, -0.15) is 0 Å². The molecule has 2 saturated heterocycles. The van der Waals surface area contributed by atoms with E-state index in [1.165, 1.54) is 0 Å². The van der Waals surface area contributed by atoms with Gasteiger partial charge in [0.1, 0.15) is 0 Å². The van der Waals surface area contributed by atoms with E-state index in [1.54, 1.807) is 0 Å². The Kier molecular flexibility index (Phi) is 2.53. The number of aromatic nitrogens is 4. The van der Waals surface area contributed by atoms with Crippen LogP contribution in [0.2, 0.25) is 0 Å². The van der Waals surface area contributed by atoms with Crippen molar-refractivity contribution in [2.75, 3.05) is 5.73 Å². The van der Waals surface area contributed by atoms with Gasteiger partial charge in [-0.1, -0.05) is 0 Å². The van der Waals surface area contributed by atoms with E-state index in [2.05, 4.69) is 21.6 Å². The second-order valence-corrected chi connectivity index (χ2v) is 5.76. The van der Waals surface area contributed by atoms with Gasteiger partial charge in [-0.25, -0.2) is 4.68 Å². The van der Waals surface area contributed by atoms with Crippen molar-refractivity contribution >= 4 is 5.69 Å². The molecule has 3 heterocycles. The third-order valence-electron chi connectivity index (χ3n) is 4.24. The number of ether oxygens (including phenoxy) is 1. The van der Waals surface area contributed by atoms with Gasteiger partial charge in [-0.05, 0) is 60.4 Å². The number of nitrogens with zero attached hydrogens (tertiary/aromatic N) is 4. The van der Waals surface area contributed by atoms with Gasteiger partial charge in [0.2, 0.25) is 0 Å². The number of nitrogen functional groups attached to an aromatic ring is 1. The van der Waals surface area contributed by atoms with Crippen LogP contribution >= 0.6 is 0 Å². The predicted octanol–water partition coefficient (Wildman–Crippen LogP) is 1.72. The maximum Gasteiger partial charge on any atom is 0.182 e. The number of benzene rings is 1. The summed E-state index contributed by atoms with van der Waals surface area (Å²) in [7, 11) is 0. The molecular weight excluding hydrogens is 254 g/mol. The van der Waals surface area contributed by atoms with Crippen LogP contribution in [0, 0.1) is 6.92 Å². The van der Waals surface area contributed by atoms with Crippen molar-refractivity contribution < 1.29 is 4.74 Å². The summed E-state index contributed by atoms with van der Waals surface area (Å²) in [6.07, 6.45) is 3.90. The first-order valence-electron chi connectivity index (χ1n) is 7.01. The van der Waals surface area contributed by atoms with Gasteiger partial charge in [0.05, 0.1) is 18.2 Å². The average molecular weight is 271 g/mol. The van der Waals surface area contributed by atoms with E-state index < -0.39 is 0 Å². The lowest BCUT2D eigenvalue weighted by Gasteiger charge is -2.19. The Labute approximate surface area is 116 Å². The number of tetrazole rings is 1. The van der Waals surface area contributed by atoms with Crippen LogP contribution in [-0.2, 0) is 4.74 Å². The first-order chi connectivity index (χ1) is 9.70. The minimum absolute atomic E-state index is 0.250. The van der Waals surface area contributed by atoms with Crippen LogP contribution in [0.25, 0.3) is 11.4 Å². The van der Waals surface area contributed by atoms with Crippen LogP contribution in [0.3, 0.4) is 0 Å². The molecule has 0 radical (unpaired) electrons. The smallest absolute Gasteiger partial charge is 0.182 e. The first kappa shape index (κ1) is 11.8. The second-order valence-electron chi connectivity index (χ2n) is 5.76. The Hall–Kier alpha value is -1.95. The Balaban J connectivity index is 1.75. The van der Waals surface area contributed by atoms with Crippen LogP contribution in [0.5, 0.6) is 0 Å². The van der Waals surface area contributed by atoms with Crippen LogP contribution in [0.1, 0.15) is 30.9 Å². The van der Waals surface area contributed by atoms with Crippen LogP contribution in [0.4, 0.5) is 5.69 Å². The monoisotopic (exact) mass is 271 g/mol. The fourth-order valence-electron chi connectivity index (χ4n) is 3.42. The number of hydrogen-bond donors (Lipinski definition) is 1. The molecule has 4 rings (SSSR count). The van der Waals surface area contributed by atoms with Crippen LogP contribution in [-0.4, -0.2) is 32.4 Å². The van der Waals surface area contributed by atoms with Crippen molar-refractivity contribution in [1.29, 1.82) is 0 Å². The van der Waals surface area contributed by atoms with Crippen molar-refractivity contribution in [2.45, 2.75) is 44.4 Å². The van der Waals surface area contributed by atoms with Gasteiger partial charge in [-0.15, -0.1) is 5.10 Å². The number of anilines is 1. The Morgan fingerprint density at radius 3 is 2.90 bits per heavy atom. The highest BCUT2D eigenvalue weighted by Gasteiger charge is 2.43. The molecule has 2 aliphatic rings. The van der Waals surface area contributed by atoms with Crippen LogP contribution < -0.4 is 5.73 Å². The zero-order valence-corrected chi connectivity index (χ0v) is 11.4. The van der Waals surface area contributed by atoms with Gasteiger partial charge in [0, 0.05) is 11.3 Å². The average Bonchev–Trinajstić information content (AvgIpc) is 3.13. The van der Waals surface area contributed by atoms with Gasteiger partial charge >= 0.3 is 0 Å².